The smallest absolute Gasteiger partial charge is 0.220 e. The van der Waals surface area contributed by atoms with Crippen molar-refractivity contribution in [3.05, 3.63) is 36.5 Å². The summed E-state index contributed by atoms with van der Waals surface area (Å²) in [6, 6.07) is 0. The maximum atomic E-state index is 11.2. The van der Waals surface area contributed by atoms with E-state index in [4.69, 9.17) is 5.11 Å². The highest BCUT2D eigenvalue weighted by Crippen LogP contribution is 1.98. The van der Waals surface area contributed by atoms with E-state index in [-0.39, 0.29) is 12.5 Å². The number of hydrogen-bond acceptors (Lipinski definition) is 2. The summed E-state index contributed by atoms with van der Waals surface area (Å²) in [5, 5.41) is 11.2. The van der Waals surface area contributed by atoms with Crippen molar-refractivity contribution >= 4 is 5.91 Å². The second-order valence-corrected chi connectivity index (χ2v) is 4.26. The fourth-order valence-corrected chi connectivity index (χ4v) is 1.49. The summed E-state index contributed by atoms with van der Waals surface area (Å²) in [7, 11) is 0. The molecule has 0 aliphatic heterocycles. The van der Waals surface area contributed by atoms with Crippen molar-refractivity contribution in [1.29, 1.82) is 0 Å². The monoisotopic (exact) mass is 265 g/mol. The Balaban J connectivity index is 3.39. The van der Waals surface area contributed by atoms with Crippen molar-refractivity contribution in [3.63, 3.8) is 0 Å². The summed E-state index contributed by atoms with van der Waals surface area (Å²) >= 11 is 0. The van der Waals surface area contributed by atoms with Crippen molar-refractivity contribution in [2.45, 2.75) is 45.4 Å². The molecule has 0 aromatic heterocycles. The number of allylic oxidation sites excluding steroid dienone is 6. The molecule has 0 atom stereocenters. The molecule has 0 aromatic carbocycles. The second kappa shape index (κ2) is 14.7. The van der Waals surface area contributed by atoms with Gasteiger partial charge in [-0.3, -0.25) is 4.79 Å². The van der Waals surface area contributed by atoms with Crippen LogP contribution in [0, 0.1) is 0 Å². The van der Waals surface area contributed by atoms with Crippen LogP contribution in [0.4, 0.5) is 0 Å². The SMILES string of the molecule is CC/C=C\C/C=C\C/C=C\CCCC(=O)NCCO. The Kier molecular flexibility index (Phi) is 13.7. The van der Waals surface area contributed by atoms with Crippen LogP contribution in [-0.4, -0.2) is 24.2 Å². The van der Waals surface area contributed by atoms with Gasteiger partial charge in [-0.2, -0.15) is 0 Å². The molecule has 0 aliphatic carbocycles. The molecular formula is C16H27NO2. The van der Waals surface area contributed by atoms with Gasteiger partial charge in [-0.05, 0) is 32.1 Å². The van der Waals surface area contributed by atoms with Crippen molar-refractivity contribution < 1.29 is 9.90 Å². The van der Waals surface area contributed by atoms with E-state index in [0.29, 0.717) is 13.0 Å². The molecule has 19 heavy (non-hydrogen) atoms. The van der Waals surface area contributed by atoms with E-state index in [2.05, 4.69) is 48.7 Å². The van der Waals surface area contributed by atoms with Gasteiger partial charge in [-0.15, -0.1) is 0 Å². The minimum atomic E-state index is 0.00538. The van der Waals surface area contributed by atoms with Gasteiger partial charge in [0.05, 0.1) is 6.61 Å². The van der Waals surface area contributed by atoms with E-state index < -0.39 is 0 Å². The normalized spacial score (nSPS) is 11.9. The van der Waals surface area contributed by atoms with Gasteiger partial charge in [0.25, 0.3) is 0 Å². The lowest BCUT2D eigenvalue weighted by molar-refractivity contribution is -0.121. The zero-order valence-electron chi connectivity index (χ0n) is 12.0. The van der Waals surface area contributed by atoms with E-state index in [0.717, 1.165) is 32.1 Å². The quantitative estimate of drug-likeness (QED) is 0.445. The average Bonchev–Trinajstić information content (AvgIpc) is 2.42. The molecule has 1 amide bonds. The lowest BCUT2D eigenvalue weighted by Gasteiger charge is -2.00. The number of aliphatic hydroxyl groups excluding tert-OH is 1. The van der Waals surface area contributed by atoms with Crippen LogP contribution in [0.5, 0.6) is 0 Å². The van der Waals surface area contributed by atoms with E-state index in [1.54, 1.807) is 0 Å². The molecule has 3 nitrogen and oxygen atoms in total. The fraction of sp³-hybridized carbons (Fsp3) is 0.562. The minimum Gasteiger partial charge on any atom is -0.395 e. The molecule has 0 radical (unpaired) electrons. The first-order valence-electron chi connectivity index (χ1n) is 7.13. The summed E-state index contributed by atoms with van der Waals surface area (Å²) < 4.78 is 0. The maximum Gasteiger partial charge on any atom is 0.220 e. The Morgan fingerprint density at radius 2 is 1.68 bits per heavy atom. The summed E-state index contributed by atoms with van der Waals surface area (Å²) in [6.07, 6.45) is 18.3. The molecule has 0 saturated carbocycles. The zero-order valence-corrected chi connectivity index (χ0v) is 12.0. The maximum absolute atomic E-state index is 11.2. The van der Waals surface area contributed by atoms with Crippen LogP contribution < -0.4 is 5.32 Å². The highest BCUT2D eigenvalue weighted by Gasteiger charge is 1.97. The third kappa shape index (κ3) is 14.6. The van der Waals surface area contributed by atoms with Gasteiger partial charge in [-0.25, -0.2) is 0 Å². The molecule has 0 spiro atoms. The lowest BCUT2D eigenvalue weighted by atomic mass is 10.2. The van der Waals surface area contributed by atoms with Crippen molar-refractivity contribution in [1.82, 2.24) is 5.32 Å². The highest BCUT2D eigenvalue weighted by atomic mass is 16.3. The van der Waals surface area contributed by atoms with Crippen LogP contribution in [-0.2, 0) is 4.79 Å². The van der Waals surface area contributed by atoms with Gasteiger partial charge in [0.2, 0.25) is 5.91 Å². The molecule has 0 fully saturated rings. The van der Waals surface area contributed by atoms with Crippen LogP contribution in [0.2, 0.25) is 0 Å². The Hall–Kier alpha value is -1.35. The number of carbonyl (C=O) groups excluding carboxylic acids is 1. The summed E-state index contributed by atoms with van der Waals surface area (Å²) in [4.78, 5) is 11.2. The number of nitrogens with one attached hydrogen (secondary N) is 1. The van der Waals surface area contributed by atoms with Crippen LogP contribution in [0.3, 0.4) is 0 Å². The Labute approximate surface area is 117 Å². The van der Waals surface area contributed by atoms with Crippen LogP contribution >= 0.6 is 0 Å². The van der Waals surface area contributed by atoms with Crippen molar-refractivity contribution in [3.8, 4) is 0 Å². The van der Waals surface area contributed by atoms with Crippen LogP contribution in [0.1, 0.15) is 45.4 Å². The van der Waals surface area contributed by atoms with Crippen LogP contribution in [0.25, 0.3) is 0 Å². The molecule has 0 aromatic rings. The minimum absolute atomic E-state index is 0.00538. The van der Waals surface area contributed by atoms with Crippen molar-refractivity contribution in [2.24, 2.45) is 0 Å². The predicted molar refractivity (Wildman–Crippen MR) is 80.9 cm³/mol. The van der Waals surface area contributed by atoms with Gasteiger partial charge in [0.15, 0.2) is 0 Å². The molecule has 2 N–H and O–H groups in total. The first kappa shape index (κ1) is 17.6. The zero-order chi connectivity index (χ0) is 14.2. The molecule has 3 heteroatoms. The number of aliphatic hydroxyl groups is 1. The number of hydrogen-bond donors (Lipinski definition) is 2. The Morgan fingerprint density at radius 3 is 2.32 bits per heavy atom. The van der Waals surface area contributed by atoms with E-state index in [1.165, 1.54) is 0 Å². The molecule has 0 heterocycles. The Morgan fingerprint density at radius 1 is 1.05 bits per heavy atom. The highest BCUT2D eigenvalue weighted by molar-refractivity contribution is 5.75. The summed E-state index contributed by atoms with van der Waals surface area (Å²) in [5.74, 6) is 0.0186. The predicted octanol–water partition coefficient (Wildman–Crippen LogP) is 3.12. The van der Waals surface area contributed by atoms with Gasteiger partial charge in [-0.1, -0.05) is 43.4 Å². The molecular weight excluding hydrogens is 238 g/mol. The average molecular weight is 265 g/mol. The summed E-state index contributed by atoms with van der Waals surface area (Å²) in [5.41, 5.74) is 0. The first-order valence-corrected chi connectivity index (χ1v) is 7.13. The number of unbranched alkanes of at least 4 members (excludes halogenated alkanes) is 1. The number of rotatable bonds is 11. The largest absolute Gasteiger partial charge is 0.395 e. The summed E-state index contributed by atoms with van der Waals surface area (Å²) in [6.45, 7) is 2.49. The topological polar surface area (TPSA) is 49.3 Å². The third-order valence-electron chi connectivity index (χ3n) is 2.49. The Bertz CT molecular complexity index is 293. The fourth-order valence-electron chi connectivity index (χ4n) is 1.49. The van der Waals surface area contributed by atoms with E-state index in [1.807, 2.05) is 0 Å². The molecule has 0 unspecified atom stereocenters. The van der Waals surface area contributed by atoms with E-state index >= 15 is 0 Å². The molecule has 0 rings (SSSR count). The second-order valence-electron chi connectivity index (χ2n) is 4.26. The molecule has 0 saturated heterocycles. The molecule has 108 valence electrons. The lowest BCUT2D eigenvalue weighted by Crippen LogP contribution is -2.25. The van der Waals surface area contributed by atoms with Gasteiger partial charge in [0, 0.05) is 13.0 Å². The van der Waals surface area contributed by atoms with Crippen molar-refractivity contribution in [2.75, 3.05) is 13.2 Å². The van der Waals surface area contributed by atoms with Crippen LogP contribution in [0.15, 0.2) is 36.5 Å². The van der Waals surface area contributed by atoms with Gasteiger partial charge >= 0.3 is 0 Å². The van der Waals surface area contributed by atoms with E-state index in [9.17, 15) is 4.79 Å². The number of amides is 1. The molecule has 0 aliphatic rings. The van der Waals surface area contributed by atoms with Gasteiger partial charge in [0.1, 0.15) is 0 Å². The van der Waals surface area contributed by atoms with Gasteiger partial charge < -0.3 is 10.4 Å². The third-order valence-corrected chi connectivity index (χ3v) is 2.49. The standard InChI is InChI=1S/C16H27NO2/c1-2-3-4-5-6-7-8-9-10-11-12-13-16(19)17-14-15-18/h3-4,6-7,9-10,18H,2,5,8,11-15H2,1H3,(H,17,19)/b4-3-,7-6-,10-9-. The number of carbonyl (C=O) groups is 1. The molecule has 0 bridgehead atoms. The first-order chi connectivity index (χ1) is 9.31.